The predicted molar refractivity (Wildman–Crippen MR) is 82.3 cm³/mol. The zero-order valence-electron chi connectivity index (χ0n) is 11.7. The highest BCUT2D eigenvalue weighted by Gasteiger charge is 1.98. The first-order valence-electron chi connectivity index (χ1n) is 5.76. The number of nitrogens with one attached hydrogen (secondary N) is 2. The molecule has 0 fully saturated rings. The second kappa shape index (κ2) is 7.71. The second-order valence-electron chi connectivity index (χ2n) is 3.95. The van der Waals surface area contributed by atoms with Crippen molar-refractivity contribution in [1.29, 1.82) is 0 Å². The van der Waals surface area contributed by atoms with Crippen LogP contribution in [0.2, 0.25) is 0 Å². The van der Waals surface area contributed by atoms with Gasteiger partial charge in [-0.15, -0.1) is 22.7 Å². The maximum atomic E-state index is 10.5. The SMILES string of the molecule is CC(=O)Nc1nc(C)cs1.CC(=O)Nc1nc(C)cs1. The minimum Gasteiger partial charge on any atom is -0.302 e. The van der Waals surface area contributed by atoms with Crippen molar-refractivity contribution in [1.82, 2.24) is 9.97 Å². The van der Waals surface area contributed by atoms with Crippen LogP contribution in [0.1, 0.15) is 25.2 Å². The summed E-state index contributed by atoms with van der Waals surface area (Å²) in [7, 11) is 0. The van der Waals surface area contributed by atoms with Gasteiger partial charge in [0.25, 0.3) is 0 Å². The Balaban J connectivity index is 0.000000200. The van der Waals surface area contributed by atoms with Gasteiger partial charge in [-0.05, 0) is 13.8 Å². The first-order chi connectivity index (χ1) is 9.36. The first-order valence-corrected chi connectivity index (χ1v) is 7.52. The summed E-state index contributed by atoms with van der Waals surface area (Å²) in [6.45, 7) is 6.72. The molecule has 2 N–H and O–H groups in total. The molecule has 0 aliphatic rings. The average Bonchev–Trinajstić information content (AvgIpc) is 2.87. The van der Waals surface area contributed by atoms with E-state index in [-0.39, 0.29) is 11.8 Å². The molecule has 20 heavy (non-hydrogen) atoms. The molecule has 0 aromatic carbocycles. The zero-order valence-corrected chi connectivity index (χ0v) is 13.3. The van der Waals surface area contributed by atoms with Crippen LogP contribution in [-0.4, -0.2) is 21.8 Å². The van der Waals surface area contributed by atoms with Crippen LogP contribution in [0.4, 0.5) is 10.3 Å². The number of rotatable bonds is 2. The second-order valence-corrected chi connectivity index (χ2v) is 5.67. The van der Waals surface area contributed by atoms with Gasteiger partial charge in [-0.1, -0.05) is 0 Å². The van der Waals surface area contributed by atoms with Gasteiger partial charge in [0, 0.05) is 24.6 Å². The van der Waals surface area contributed by atoms with E-state index in [1.807, 2.05) is 24.6 Å². The highest BCUT2D eigenvalue weighted by atomic mass is 32.1. The van der Waals surface area contributed by atoms with Gasteiger partial charge in [-0.2, -0.15) is 0 Å². The summed E-state index contributed by atoms with van der Waals surface area (Å²) in [6, 6.07) is 0. The predicted octanol–water partition coefficient (Wildman–Crippen LogP) is 2.82. The zero-order chi connectivity index (χ0) is 15.1. The average molecular weight is 312 g/mol. The van der Waals surface area contributed by atoms with Gasteiger partial charge in [0.2, 0.25) is 11.8 Å². The minimum atomic E-state index is -0.0747. The molecular weight excluding hydrogens is 296 g/mol. The fraction of sp³-hybridized carbons (Fsp3) is 0.333. The van der Waals surface area contributed by atoms with Crippen molar-refractivity contribution in [3.8, 4) is 0 Å². The summed E-state index contributed by atoms with van der Waals surface area (Å²) in [5.41, 5.74) is 1.88. The Kier molecular flexibility index (Phi) is 6.26. The van der Waals surface area contributed by atoms with Crippen molar-refractivity contribution in [2.75, 3.05) is 10.6 Å². The van der Waals surface area contributed by atoms with Crippen LogP contribution in [0.5, 0.6) is 0 Å². The summed E-state index contributed by atoms with van der Waals surface area (Å²) in [5, 5.41) is 10.3. The highest BCUT2D eigenvalue weighted by Crippen LogP contribution is 2.14. The van der Waals surface area contributed by atoms with Gasteiger partial charge in [0.1, 0.15) is 0 Å². The van der Waals surface area contributed by atoms with E-state index in [0.717, 1.165) is 11.4 Å². The lowest BCUT2D eigenvalue weighted by molar-refractivity contribution is -0.115. The number of carbonyl (C=O) groups is 2. The van der Waals surface area contributed by atoms with Gasteiger partial charge in [0.15, 0.2) is 10.3 Å². The Bertz CT molecular complexity index is 540. The lowest BCUT2D eigenvalue weighted by Crippen LogP contribution is -2.04. The Hall–Kier alpha value is -1.80. The number of aryl methyl sites for hydroxylation is 2. The number of hydrogen-bond acceptors (Lipinski definition) is 6. The molecule has 0 unspecified atom stereocenters. The summed E-state index contributed by atoms with van der Waals surface area (Å²) >= 11 is 2.87. The van der Waals surface area contributed by atoms with Crippen molar-refractivity contribution < 1.29 is 9.59 Å². The summed E-state index contributed by atoms with van der Waals surface area (Å²) < 4.78 is 0. The molecule has 108 valence electrons. The standard InChI is InChI=1S/2C6H8N2OS/c2*1-4-3-10-6(7-4)8-5(2)9/h2*3H,1-2H3,(H,7,8,9). The number of carbonyl (C=O) groups excluding carboxylic acids is 2. The molecule has 0 radical (unpaired) electrons. The van der Waals surface area contributed by atoms with Crippen molar-refractivity contribution in [3.63, 3.8) is 0 Å². The molecule has 0 aliphatic heterocycles. The van der Waals surface area contributed by atoms with Gasteiger partial charge >= 0.3 is 0 Å². The maximum absolute atomic E-state index is 10.5. The number of aromatic nitrogens is 2. The Labute approximate surface area is 125 Å². The lowest BCUT2D eigenvalue weighted by atomic mass is 10.6. The van der Waals surface area contributed by atoms with E-state index in [0.29, 0.717) is 10.3 Å². The van der Waals surface area contributed by atoms with Crippen LogP contribution in [-0.2, 0) is 9.59 Å². The Morgan fingerprint density at radius 2 is 1.25 bits per heavy atom. The fourth-order valence-electron chi connectivity index (χ4n) is 1.12. The van der Waals surface area contributed by atoms with E-state index in [4.69, 9.17) is 0 Å². The molecule has 2 amide bonds. The number of thiazole rings is 2. The van der Waals surface area contributed by atoms with Crippen LogP contribution in [0.3, 0.4) is 0 Å². The molecule has 2 aromatic heterocycles. The first kappa shape index (κ1) is 16.3. The Morgan fingerprint density at radius 3 is 1.45 bits per heavy atom. The molecular formula is C12H16N4O2S2. The van der Waals surface area contributed by atoms with Crippen LogP contribution in [0.15, 0.2) is 10.8 Å². The van der Waals surface area contributed by atoms with Crippen LogP contribution in [0.25, 0.3) is 0 Å². The largest absolute Gasteiger partial charge is 0.302 e. The van der Waals surface area contributed by atoms with Crippen molar-refractivity contribution in [3.05, 3.63) is 22.1 Å². The third kappa shape index (κ3) is 6.39. The number of nitrogens with zero attached hydrogens (tertiary/aromatic N) is 2. The van der Waals surface area contributed by atoms with Gasteiger partial charge in [-0.3, -0.25) is 9.59 Å². The van der Waals surface area contributed by atoms with E-state index in [1.165, 1.54) is 36.5 Å². The molecule has 2 rings (SSSR count). The highest BCUT2D eigenvalue weighted by molar-refractivity contribution is 7.14. The minimum absolute atomic E-state index is 0.0747. The molecule has 6 nitrogen and oxygen atoms in total. The van der Waals surface area contributed by atoms with Gasteiger partial charge in [0.05, 0.1) is 11.4 Å². The van der Waals surface area contributed by atoms with Crippen LogP contribution in [0, 0.1) is 13.8 Å². The Morgan fingerprint density at radius 1 is 0.900 bits per heavy atom. The fourth-order valence-corrected chi connectivity index (χ4v) is 2.59. The van der Waals surface area contributed by atoms with E-state index in [2.05, 4.69) is 20.6 Å². The molecule has 2 heterocycles. The van der Waals surface area contributed by atoms with Gasteiger partial charge < -0.3 is 10.6 Å². The maximum Gasteiger partial charge on any atom is 0.223 e. The van der Waals surface area contributed by atoms with Crippen molar-refractivity contribution in [2.45, 2.75) is 27.7 Å². The number of hydrogen-bond donors (Lipinski definition) is 2. The van der Waals surface area contributed by atoms with E-state index >= 15 is 0 Å². The van der Waals surface area contributed by atoms with E-state index < -0.39 is 0 Å². The lowest BCUT2D eigenvalue weighted by Gasteiger charge is -1.91. The molecule has 0 atom stereocenters. The molecule has 2 aromatic rings. The third-order valence-corrected chi connectivity index (χ3v) is 3.56. The van der Waals surface area contributed by atoms with Gasteiger partial charge in [-0.25, -0.2) is 9.97 Å². The summed E-state index contributed by atoms with van der Waals surface area (Å²) in [4.78, 5) is 29.0. The van der Waals surface area contributed by atoms with Crippen molar-refractivity contribution >= 4 is 44.8 Å². The van der Waals surface area contributed by atoms with E-state index in [1.54, 1.807) is 0 Å². The quantitative estimate of drug-likeness (QED) is 0.893. The molecule has 0 saturated carbocycles. The molecule has 0 spiro atoms. The number of anilines is 2. The van der Waals surface area contributed by atoms with Crippen LogP contribution < -0.4 is 10.6 Å². The van der Waals surface area contributed by atoms with Crippen molar-refractivity contribution in [2.24, 2.45) is 0 Å². The summed E-state index contributed by atoms with van der Waals surface area (Å²) in [5.74, 6) is -0.149. The third-order valence-electron chi connectivity index (χ3n) is 1.80. The molecule has 8 heteroatoms. The van der Waals surface area contributed by atoms with E-state index in [9.17, 15) is 9.59 Å². The smallest absolute Gasteiger partial charge is 0.223 e. The monoisotopic (exact) mass is 312 g/mol. The topological polar surface area (TPSA) is 84.0 Å². The molecule has 0 saturated heterocycles. The summed E-state index contributed by atoms with van der Waals surface area (Å²) in [6.07, 6.45) is 0. The normalized spacial score (nSPS) is 9.40. The molecule has 0 aliphatic carbocycles. The van der Waals surface area contributed by atoms with Crippen LogP contribution >= 0.6 is 22.7 Å². The molecule has 0 bridgehead atoms. The number of amides is 2.